The van der Waals surface area contributed by atoms with Crippen molar-refractivity contribution < 1.29 is 0 Å². The molecule has 3 N–H and O–H groups in total. The Hall–Kier alpha value is -1.14. The third-order valence-electron chi connectivity index (χ3n) is 1.58. The van der Waals surface area contributed by atoms with Crippen LogP contribution in [0.3, 0.4) is 0 Å². The fraction of sp³-hybridized carbons (Fsp3) is 0.625. The van der Waals surface area contributed by atoms with Crippen molar-refractivity contribution in [3.8, 4) is 0 Å². The molecule has 15 heavy (non-hydrogen) atoms. The maximum Gasteiger partial charge on any atom is 0.245 e. The minimum absolute atomic E-state index is 0.128. The first-order valence-electron chi connectivity index (χ1n) is 4.63. The third-order valence-corrected chi connectivity index (χ3v) is 1.75. The van der Waals surface area contributed by atoms with Crippen LogP contribution in [0.25, 0.3) is 0 Å². The van der Waals surface area contributed by atoms with Gasteiger partial charge in [-0.2, -0.15) is 15.0 Å². The van der Waals surface area contributed by atoms with Gasteiger partial charge in [0.05, 0.1) is 0 Å². The van der Waals surface area contributed by atoms with Crippen LogP contribution in [0.15, 0.2) is 0 Å². The Labute approximate surface area is 93.8 Å². The quantitative estimate of drug-likeness (QED) is 0.591. The monoisotopic (exact) mass is 230 g/mol. The summed E-state index contributed by atoms with van der Waals surface area (Å²) < 4.78 is 0. The summed E-state index contributed by atoms with van der Waals surface area (Å²) in [4.78, 5) is 11.9. The molecular weight excluding hydrogens is 216 g/mol. The van der Waals surface area contributed by atoms with Crippen LogP contribution in [0, 0.1) is 5.92 Å². The number of aromatic nitrogens is 3. The number of nitrogens with zero attached hydrogens (tertiary/aromatic N) is 4. The van der Waals surface area contributed by atoms with E-state index >= 15 is 0 Å². The van der Waals surface area contributed by atoms with Crippen LogP contribution < -0.4 is 16.2 Å². The van der Waals surface area contributed by atoms with Gasteiger partial charge in [-0.25, -0.2) is 5.84 Å². The molecule has 0 aliphatic rings. The van der Waals surface area contributed by atoms with E-state index in [9.17, 15) is 0 Å². The van der Waals surface area contributed by atoms with Crippen LogP contribution in [0.1, 0.15) is 13.8 Å². The maximum absolute atomic E-state index is 5.72. The molecule has 0 fully saturated rings. The van der Waals surface area contributed by atoms with Crippen molar-refractivity contribution in [3.63, 3.8) is 0 Å². The van der Waals surface area contributed by atoms with E-state index in [0.29, 0.717) is 17.8 Å². The fourth-order valence-corrected chi connectivity index (χ4v) is 1.03. The van der Waals surface area contributed by atoms with Crippen LogP contribution in [-0.4, -0.2) is 28.5 Å². The lowest BCUT2D eigenvalue weighted by Gasteiger charge is -2.12. The van der Waals surface area contributed by atoms with Gasteiger partial charge in [0.2, 0.25) is 17.2 Å². The van der Waals surface area contributed by atoms with Gasteiger partial charge in [-0.3, -0.25) is 5.01 Å². The van der Waals surface area contributed by atoms with E-state index in [4.69, 9.17) is 17.4 Å². The average Bonchev–Trinajstić information content (AvgIpc) is 2.13. The van der Waals surface area contributed by atoms with Gasteiger partial charge in [0, 0.05) is 13.6 Å². The Morgan fingerprint density at radius 2 is 2.07 bits per heavy atom. The van der Waals surface area contributed by atoms with Gasteiger partial charge < -0.3 is 5.32 Å². The summed E-state index contributed by atoms with van der Waals surface area (Å²) in [6.45, 7) is 4.95. The highest BCUT2D eigenvalue weighted by Crippen LogP contribution is 2.10. The highest BCUT2D eigenvalue weighted by molar-refractivity contribution is 6.28. The fourth-order valence-electron chi connectivity index (χ4n) is 0.872. The van der Waals surface area contributed by atoms with Gasteiger partial charge in [-0.1, -0.05) is 13.8 Å². The molecule has 84 valence electrons. The highest BCUT2D eigenvalue weighted by Gasteiger charge is 2.06. The van der Waals surface area contributed by atoms with Gasteiger partial charge in [0.25, 0.3) is 0 Å². The number of anilines is 2. The van der Waals surface area contributed by atoms with Crippen LogP contribution in [0.2, 0.25) is 5.28 Å². The lowest BCUT2D eigenvalue weighted by molar-refractivity contribution is 0.683. The minimum atomic E-state index is 0.128. The van der Waals surface area contributed by atoms with E-state index in [1.54, 1.807) is 7.05 Å². The Morgan fingerprint density at radius 1 is 1.40 bits per heavy atom. The molecule has 1 aromatic heterocycles. The van der Waals surface area contributed by atoms with E-state index in [1.165, 1.54) is 5.01 Å². The summed E-state index contributed by atoms with van der Waals surface area (Å²) in [5.74, 6) is 6.78. The highest BCUT2D eigenvalue weighted by atomic mass is 35.5. The molecule has 0 atom stereocenters. The molecule has 6 nitrogen and oxygen atoms in total. The summed E-state index contributed by atoms with van der Waals surface area (Å²) in [5, 5.41) is 4.47. The van der Waals surface area contributed by atoms with Crippen LogP contribution in [0.4, 0.5) is 11.9 Å². The topological polar surface area (TPSA) is 80.0 Å². The summed E-state index contributed by atoms with van der Waals surface area (Å²) in [5.41, 5.74) is 0. The molecule has 0 unspecified atom stereocenters. The van der Waals surface area contributed by atoms with Gasteiger partial charge in [-0.05, 0) is 17.5 Å². The number of halogens is 1. The summed E-state index contributed by atoms with van der Waals surface area (Å²) in [6.07, 6.45) is 0. The number of rotatable bonds is 4. The predicted molar refractivity (Wildman–Crippen MR) is 60.8 cm³/mol. The number of hydrogen-bond donors (Lipinski definition) is 2. The summed E-state index contributed by atoms with van der Waals surface area (Å²) in [7, 11) is 1.64. The third kappa shape index (κ3) is 3.85. The second-order valence-corrected chi connectivity index (χ2v) is 3.95. The molecule has 0 radical (unpaired) electrons. The van der Waals surface area contributed by atoms with Crippen LogP contribution in [0.5, 0.6) is 0 Å². The SMILES string of the molecule is CC(C)CNc1nc(Cl)nc(N(C)N)n1. The van der Waals surface area contributed by atoms with Gasteiger partial charge in [0.15, 0.2) is 0 Å². The van der Waals surface area contributed by atoms with E-state index in [0.717, 1.165) is 6.54 Å². The first-order chi connectivity index (χ1) is 6.99. The molecule has 0 amide bonds. The molecule has 1 rings (SSSR count). The Balaban J connectivity index is 2.79. The van der Waals surface area contributed by atoms with Crippen LogP contribution >= 0.6 is 11.6 Å². The zero-order chi connectivity index (χ0) is 11.4. The molecule has 0 saturated heterocycles. The van der Waals surface area contributed by atoms with Crippen LogP contribution in [-0.2, 0) is 0 Å². The smallest absolute Gasteiger partial charge is 0.245 e. The lowest BCUT2D eigenvalue weighted by Crippen LogP contribution is -2.28. The number of nitrogens with one attached hydrogen (secondary N) is 1. The lowest BCUT2D eigenvalue weighted by atomic mass is 10.2. The number of hydrazine groups is 1. The molecular formula is C8H15ClN6. The Bertz CT molecular complexity index is 327. The van der Waals surface area contributed by atoms with Crippen molar-refractivity contribution in [2.45, 2.75) is 13.8 Å². The molecule has 1 heterocycles. The van der Waals surface area contributed by atoms with E-state index in [-0.39, 0.29) is 5.28 Å². The zero-order valence-electron chi connectivity index (χ0n) is 9.03. The Kier molecular flexibility index (Phi) is 4.05. The van der Waals surface area contributed by atoms with E-state index < -0.39 is 0 Å². The summed E-state index contributed by atoms with van der Waals surface area (Å²) in [6, 6.07) is 0. The number of hydrogen-bond acceptors (Lipinski definition) is 6. The predicted octanol–water partition coefficient (Wildman–Crippen LogP) is 0.903. The molecule has 0 spiro atoms. The normalized spacial score (nSPS) is 10.5. The van der Waals surface area contributed by atoms with Crippen molar-refractivity contribution in [2.75, 3.05) is 23.9 Å². The van der Waals surface area contributed by atoms with Crippen molar-refractivity contribution >= 4 is 23.5 Å². The molecule has 1 aromatic rings. The first-order valence-corrected chi connectivity index (χ1v) is 5.00. The van der Waals surface area contributed by atoms with Gasteiger partial charge >= 0.3 is 0 Å². The van der Waals surface area contributed by atoms with Gasteiger partial charge in [-0.15, -0.1) is 0 Å². The van der Waals surface area contributed by atoms with Gasteiger partial charge in [0.1, 0.15) is 0 Å². The largest absolute Gasteiger partial charge is 0.354 e. The maximum atomic E-state index is 5.72. The van der Waals surface area contributed by atoms with E-state index in [1.807, 2.05) is 0 Å². The average molecular weight is 231 g/mol. The molecule has 0 bridgehead atoms. The zero-order valence-corrected chi connectivity index (χ0v) is 9.78. The van der Waals surface area contributed by atoms with Crippen molar-refractivity contribution in [1.82, 2.24) is 15.0 Å². The molecule has 0 aromatic carbocycles. The minimum Gasteiger partial charge on any atom is -0.354 e. The molecule has 0 aliphatic heterocycles. The second kappa shape index (κ2) is 5.09. The Morgan fingerprint density at radius 3 is 2.60 bits per heavy atom. The molecule has 0 aliphatic carbocycles. The number of nitrogens with two attached hydrogens (primary N) is 1. The second-order valence-electron chi connectivity index (χ2n) is 3.61. The molecule has 0 saturated carbocycles. The first kappa shape index (κ1) is 11.9. The molecule has 7 heteroatoms. The van der Waals surface area contributed by atoms with Crippen molar-refractivity contribution in [3.05, 3.63) is 5.28 Å². The van der Waals surface area contributed by atoms with Crippen molar-refractivity contribution in [1.29, 1.82) is 0 Å². The van der Waals surface area contributed by atoms with E-state index in [2.05, 4.69) is 34.1 Å². The van der Waals surface area contributed by atoms with Crippen molar-refractivity contribution in [2.24, 2.45) is 11.8 Å². The standard InChI is InChI=1S/C8H15ClN6/c1-5(2)4-11-7-12-6(9)13-8(14-7)15(3)10/h5H,4,10H2,1-3H3,(H,11,12,13,14). The summed E-state index contributed by atoms with van der Waals surface area (Å²) >= 11 is 5.72.